The normalized spacial score (nSPS) is 23.6. The molecule has 1 heterocycles. The summed E-state index contributed by atoms with van der Waals surface area (Å²) < 4.78 is 0. The molecular formula is C10H15N5O3. The molecule has 1 saturated carbocycles. The van der Waals surface area contributed by atoms with Gasteiger partial charge >= 0.3 is 5.97 Å². The van der Waals surface area contributed by atoms with E-state index in [1.165, 1.54) is 0 Å². The highest BCUT2D eigenvalue weighted by atomic mass is 16.4. The molecule has 8 nitrogen and oxygen atoms in total. The largest absolute Gasteiger partial charge is 0.481 e. The number of nitrogen functional groups attached to an aromatic ring is 1. The van der Waals surface area contributed by atoms with Crippen molar-refractivity contribution in [3.8, 4) is 0 Å². The highest BCUT2D eigenvalue weighted by Gasteiger charge is 2.28. The molecule has 2 unspecified atom stereocenters. The number of aliphatic carboxylic acids is 1. The van der Waals surface area contributed by atoms with Gasteiger partial charge in [0.15, 0.2) is 0 Å². The second-order valence-electron chi connectivity index (χ2n) is 4.41. The number of H-pyrrole nitrogens is 1. The number of nitrogens with one attached hydrogen (secondary N) is 2. The molecule has 0 bridgehead atoms. The Balaban J connectivity index is 1.93. The van der Waals surface area contributed by atoms with Crippen molar-refractivity contribution in [2.75, 3.05) is 5.73 Å². The SMILES string of the molecule is Nc1n[nH]c(C(=O)NC2CCCC(C(=O)O)C2)n1. The number of hydrogen-bond donors (Lipinski definition) is 4. The molecule has 0 radical (unpaired) electrons. The summed E-state index contributed by atoms with van der Waals surface area (Å²) in [6.45, 7) is 0. The van der Waals surface area contributed by atoms with Crippen LogP contribution < -0.4 is 11.1 Å². The number of amides is 1. The molecule has 5 N–H and O–H groups in total. The number of nitrogens with zero attached hydrogens (tertiary/aromatic N) is 2. The third-order valence-electron chi connectivity index (χ3n) is 3.08. The molecule has 1 aromatic rings. The lowest BCUT2D eigenvalue weighted by atomic mass is 9.86. The number of anilines is 1. The number of aromatic amines is 1. The molecule has 98 valence electrons. The summed E-state index contributed by atoms with van der Waals surface area (Å²) in [4.78, 5) is 26.4. The molecule has 18 heavy (non-hydrogen) atoms. The molecule has 1 fully saturated rings. The molecule has 0 aliphatic heterocycles. The van der Waals surface area contributed by atoms with Crippen LogP contribution in [-0.2, 0) is 4.79 Å². The molecule has 8 heteroatoms. The number of carbonyl (C=O) groups is 2. The van der Waals surface area contributed by atoms with Crippen molar-refractivity contribution in [2.24, 2.45) is 5.92 Å². The highest BCUT2D eigenvalue weighted by molar-refractivity contribution is 5.90. The van der Waals surface area contributed by atoms with Crippen LogP contribution in [-0.4, -0.2) is 38.2 Å². The second-order valence-corrected chi connectivity index (χ2v) is 4.41. The van der Waals surface area contributed by atoms with Crippen LogP contribution in [0.3, 0.4) is 0 Å². The predicted octanol–water partition coefficient (Wildman–Crippen LogP) is -0.240. The summed E-state index contributed by atoms with van der Waals surface area (Å²) in [6.07, 6.45) is 2.68. The van der Waals surface area contributed by atoms with Gasteiger partial charge in [0.2, 0.25) is 11.8 Å². The first-order valence-corrected chi connectivity index (χ1v) is 5.78. The van der Waals surface area contributed by atoms with Crippen LogP contribution in [0.1, 0.15) is 36.3 Å². The van der Waals surface area contributed by atoms with Crippen molar-refractivity contribution in [1.82, 2.24) is 20.5 Å². The van der Waals surface area contributed by atoms with Crippen LogP contribution in [0.15, 0.2) is 0 Å². The first-order valence-electron chi connectivity index (χ1n) is 5.78. The van der Waals surface area contributed by atoms with E-state index in [9.17, 15) is 9.59 Å². The van der Waals surface area contributed by atoms with E-state index in [1.807, 2.05) is 0 Å². The van der Waals surface area contributed by atoms with Crippen LogP contribution in [0.4, 0.5) is 5.95 Å². The van der Waals surface area contributed by atoms with Gasteiger partial charge in [-0.1, -0.05) is 6.42 Å². The van der Waals surface area contributed by atoms with Crippen LogP contribution in [0.2, 0.25) is 0 Å². The average molecular weight is 253 g/mol. The lowest BCUT2D eigenvalue weighted by Crippen LogP contribution is -2.40. The van der Waals surface area contributed by atoms with Crippen molar-refractivity contribution in [3.05, 3.63) is 5.82 Å². The van der Waals surface area contributed by atoms with Crippen LogP contribution in [0.25, 0.3) is 0 Å². The van der Waals surface area contributed by atoms with Gasteiger partial charge < -0.3 is 16.2 Å². The first-order chi connectivity index (χ1) is 8.56. The molecule has 1 aliphatic carbocycles. The zero-order chi connectivity index (χ0) is 13.1. The zero-order valence-corrected chi connectivity index (χ0v) is 9.72. The minimum atomic E-state index is -0.808. The maximum absolute atomic E-state index is 11.8. The summed E-state index contributed by atoms with van der Waals surface area (Å²) in [5.74, 6) is -1.55. The summed E-state index contributed by atoms with van der Waals surface area (Å²) >= 11 is 0. The van der Waals surface area contributed by atoms with Gasteiger partial charge in [0.1, 0.15) is 0 Å². The fraction of sp³-hybridized carbons (Fsp3) is 0.600. The molecular weight excluding hydrogens is 238 g/mol. The monoisotopic (exact) mass is 253 g/mol. The molecule has 0 aromatic carbocycles. The van der Waals surface area contributed by atoms with Crippen molar-refractivity contribution in [1.29, 1.82) is 0 Å². The summed E-state index contributed by atoms with van der Waals surface area (Å²) in [6, 6.07) is -0.140. The van der Waals surface area contributed by atoms with E-state index in [2.05, 4.69) is 20.5 Å². The van der Waals surface area contributed by atoms with Gasteiger partial charge in [-0.2, -0.15) is 4.98 Å². The smallest absolute Gasteiger partial charge is 0.306 e. The fourth-order valence-electron chi connectivity index (χ4n) is 2.18. The second kappa shape index (κ2) is 5.03. The molecule has 1 aliphatic rings. The Hall–Kier alpha value is -2.12. The van der Waals surface area contributed by atoms with Crippen LogP contribution in [0.5, 0.6) is 0 Å². The van der Waals surface area contributed by atoms with E-state index >= 15 is 0 Å². The molecule has 0 spiro atoms. The van der Waals surface area contributed by atoms with Gasteiger partial charge in [0.05, 0.1) is 5.92 Å². The third-order valence-corrected chi connectivity index (χ3v) is 3.08. The van der Waals surface area contributed by atoms with Crippen molar-refractivity contribution in [3.63, 3.8) is 0 Å². The summed E-state index contributed by atoms with van der Waals surface area (Å²) in [5.41, 5.74) is 5.30. The van der Waals surface area contributed by atoms with Gasteiger partial charge in [-0.3, -0.25) is 14.7 Å². The predicted molar refractivity (Wildman–Crippen MR) is 61.6 cm³/mol. The van der Waals surface area contributed by atoms with E-state index in [0.29, 0.717) is 12.8 Å². The Labute approximate surface area is 103 Å². The lowest BCUT2D eigenvalue weighted by molar-refractivity contribution is -0.143. The summed E-state index contributed by atoms with van der Waals surface area (Å²) in [5, 5.41) is 17.7. The van der Waals surface area contributed by atoms with E-state index < -0.39 is 11.9 Å². The van der Waals surface area contributed by atoms with Gasteiger partial charge in [-0.15, -0.1) is 5.10 Å². The highest BCUT2D eigenvalue weighted by Crippen LogP contribution is 2.24. The first kappa shape index (κ1) is 12.3. The van der Waals surface area contributed by atoms with E-state index in [-0.39, 0.29) is 23.7 Å². The van der Waals surface area contributed by atoms with E-state index in [1.54, 1.807) is 0 Å². The number of aromatic nitrogens is 3. The number of carbonyl (C=O) groups excluding carboxylic acids is 1. The molecule has 0 saturated heterocycles. The summed E-state index contributed by atoms with van der Waals surface area (Å²) in [7, 11) is 0. The zero-order valence-electron chi connectivity index (χ0n) is 9.72. The van der Waals surface area contributed by atoms with E-state index in [0.717, 1.165) is 12.8 Å². The average Bonchev–Trinajstić information content (AvgIpc) is 2.76. The number of carboxylic acid groups (broad SMARTS) is 1. The van der Waals surface area contributed by atoms with Crippen LogP contribution in [0, 0.1) is 5.92 Å². The minimum absolute atomic E-state index is 0.00667. The van der Waals surface area contributed by atoms with Gasteiger partial charge in [-0.05, 0) is 19.3 Å². The Morgan fingerprint density at radius 1 is 1.44 bits per heavy atom. The lowest BCUT2D eigenvalue weighted by Gasteiger charge is -2.26. The quantitative estimate of drug-likeness (QED) is 0.587. The Morgan fingerprint density at radius 3 is 2.83 bits per heavy atom. The molecule has 2 atom stereocenters. The minimum Gasteiger partial charge on any atom is -0.481 e. The van der Waals surface area contributed by atoms with Gasteiger partial charge in [-0.25, -0.2) is 0 Å². The Bertz CT molecular complexity index is 458. The maximum atomic E-state index is 11.8. The van der Waals surface area contributed by atoms with Gasteiger partial charge in [0.25, 0.3) is 5.91 Å². The van der Waals surface area contributed by atoms with Crippen molar-refractivity contribution in [2.45, 2.75) is 31.7 Å². The third kappa shape index (κ3) is 2.76. The molecule has 1 amide bonds. The maximum Gasteiger partial charge on any atom is 0.306 e. The molecule has 2 rings (SSSR count). The standard InChI is InChI=1S/C10H15N5O3/c11-10-13-7(14-15-10)8(16)12-6-3-1-2-5(4-6)9(17)18/h5-6H,1-4H2,(H,12,16)(H,17,18)(H3,11,13,14,15). The molecule has 1 aromatic heterocycles. The number of nitrogens with two attached hydrogens (primary N) is 1. The van der Waals surface area contributed by atoms with Crippen molar-refractivity contribution >= 4 is 17.8 Å². The topological polar surface area (TPSA) is 134 Å². The Kier molecular flexibility index (Phi) is 3.45. The fourth-order valence-corrected chi connectivity index (χ4v) is 2.18. The number of carboxylic acids is 1. The Morgan fingerprint density at radius 2 is 2.22 bits per heavy atom. The number of rotatable bonds is 3. The van der Waals surface area contributed by atoms with E-state index in [4.69, 9.17) is 10.8 Å². The van der Waals surface area contributed by atoms with Crippen molar-refractivity contribution < 1.29 is 14.7 Å². The van der Waals surface area contributed by atoms with Gasteiger partial charge in [0, 0.05) is 6.04 Å². The number of hydrogen-bond acceptors (Lipinski definition) is 5. The van der Waals surface area contributed by atoms with Crippen LogP contribution >= 0.6 is 0 Å².